The number of aromatic nitrogens is 2. The molecule has 2 heterocycles. The summed E-state index contributed by atoms with van der Waals surface area (Å²) in [5.74, 6) is 0.237. The second-order valence-corrected chi connectivity index (χ2v) is 7.03. The molecule has 1 aromatic heterocycles. The van der Waals surface area contributed by atoms with Gasteiger partial charge in [0.25, 0.3) is 5.69 Å². The predicted octanol–water partition coefficient (Wildman–Crippen LogP) is 3.54. The summed E-state index contributed by atoms with van der Waals surface area (Å²) in [5.41, 5.74) is 3.51. The molecule has 0 saturated carbocycles. The van der Waals surface area contributed by atoms with E-state index in [4.69, 9.17) is 0 Å². The van der Waals surface area contributed by atoms with Crippen molar-refractivity contribution in [3.63, 3.8) is 0 Å². The highest BCUT2D eigenvalue weighted by molar-refractivity contribution is 7.99. The Hall–Kier alpha value is -2.87. The summed E-state index contributed by atoms with van der Waals surface area (Å²) >= 11 is 1.36. The molecule has 7 nitrogen and oxygen atoms in total. The summed E-state index contributed by atoms with van der Waals surface area (Å²) in [5, 5.41) is 11.7. The number of rotatable bonds is 4. The van der Waals surface area contributed by atoms with Crippen molar-refractivity contribution < 1.29 is 9.72 Å². The first-order chi connectivity index (χ1) is 12.6. The van der Waals surface area contributed by atoms with Crippen LogP contribution in [0.5, 0.6) is 0 Å². The van der Waals surface area contributed by atoms with Gasteiger partial charge in [-0.15, -0.1) is 0 Å². The van der Waals surface area contributed by atoms with Gasteiger partial charge < -0.3 is 9.88 Å². The van der Waals surface area contributed by atoms with Crippen LogP contribution in [0.3, 0.4) is 0 Å². The number of imidazole rings is 1. The Morgan fingerprint density at radius 3 is 2.96 bits per heavy atom. The average Bonchev–Trinajstić information content (AvgIpc) is 3.08. The second-order valence-electron chi connectivity index (χ2n) is 6.07. The quantitative estimate of drug-likeness (QED) is 0.432. The number of hydrogen-bond acceptors (Lipinski definition) is 5. The molecule has 1 amide bonds. The van der Waals surface area contributed by atoms with Crippen LogP contribution in [0.25, 0.3) is 11.0 Å². The molecule has 1 aliphatic rings. The number of carbonyl (C=O) groups is 1. The summed E-state index contributed by atoms with van der Waals surface area (Å²) in [6, 6.07) is 12.4. The Balaban J connectivity index is 1.49. The lowest BCUT2D eigenvalue weighted by atomic mass is 10.0. The van der Waals surface area contributed by atoms with E-state index in [0.717, 1.165) is 35.1 Å². The number of H-pyrrole nitrogens is 1. The zero-order valence-electron chi connectivity index (χ0n) is 13.8. The number of fused-ring (bicyclic) bond motifs is 2. The number of hydrogen-bond donors (Lipinski definition) is 1. The fraction of sp³-hybridized carbons (Fsp3) is 0.222. The largest absolute Gasteiger partial charge is 0.333 e. The lowest BCUT2D eigenvalue weighted by molar-refractivity contribution is -0.384. The number of nitrogens with zero attached hydrogens (tertiary/aromatic N) is 3. The summed E-state index contributed by atoms with van der Waals surface area (Å²) in [7, 11) is 0. The number of nitro groups is 1. The first-order valence-electron chi connectivity index (χ1n) is 8.27. The molecule has 0 saturated heterocycles. The van der Waals surface area contributed by atoms with E-state index in [1.807, 2.05) is 24.3 Å². The van der Waals surface area contributed by atoms with E-state index in [9.17, 15) is 14.9 Å². The SMILES string of the molecule is O=C(CSc1nc2ccccc2[nH]1)N1CCCc2cc([N+](=O)[O-])ccc21. The van der Waals surface area contributed by atoms with Gasteiger partial charge in [-0.1, -0.05) is 23.9 Å². The van der Waals surface area contributed by atoms with Crippen LogP contribution in [0.15, 0.2) is 47.6 Å². The zero-order valence-corrected chi connectivity index (χ0v) is 14.7. The average molecular weight is 368 g/mol. The Labute approximate surface area is 153 Å². The third kappa shape index (κ3) is 3.15. The van der Waals surface area contributed by atoms with E-state index in [-0.39, 0.29) is 17.3 Å². The highest BCUT2D eigenvalue weighted by Gasteiger charge is 2.24. The summed E-state index contributed by atoms with van der Waals surface area (Å²) in [6.07, 6.45) is 1.55. The van der Waals surface area contributed by atoms with Crippen molar-refractivity contribution in [2.45, 2.75) is 18.0 Å². The van der Waals surface area contributed by atoms with Gasteiger partial charge in [0.1, 0.15) is 0 Å². The van der Waals surface area contributed by atoms with Gasteiger partial charge in [0.2, 0.25) is 5.91 Å². The minimum Gasteiger partial charge on any atom is -0.333 e. The Morgan fingerprint density at radius 1 is 1.31 bits per heavy atom. The molecule has 132 valence electrons. The highest BCUT2D eigenvalue weighted by Crippen LogP contribution is 2.31. The fourth-order valence-electron chi connectivity index (χ4n) is 3.16. The number of benzene rings is 2. The highest BCUT2D eigenvalue weighted by atomic mass is 32.2. The lowest BCUT2D eigenvalue weighted by Gasteiger charge is -2.29. The van der Waals surface area contributed by atoms with Crippen molar-refractivity contribution >= 4 is 40.1 Å². The summed E-state index contributed by atoms with van der Waals surface area (Å²) in [4.78, 5) is 32.6. The molecule has 1 N–H and O–H groups in total. The van der Waals surface area contributed by atoms with E-state index in [1.54, 1.807) is 17.0 Å². The Bertz CT molecular complexity index is 968. The minimum atomic E-state index is -0.404. The van der Waals surface area contributed by atoms with E-state index in [1.165, 1.54) is 17.8 Å². The van der Waals surface area contributed by atoms with Gasteiger partial charge in [-0.2, -0.15) is 0 Å². The van der Waals surface area contributed by atoms with Crippen LogP contribution in [-0.4, -0.2) is 33.1 Å². The molecule has 0 bridgehead atoms. The van der Waals surface area contributed by atoms with Crippen LogP contribution >= 0.6 is 11.8 Å². The Morgan fingerprint density at radius 2 is 2.15 bits per heavy atom. The molecule has 0 aliphatic carbocycles. The molecule has 1 aliphatic heterocycles. The van der Waals surface area contributed by atoms with Crippen LogP contribution in [0.1, 0.15) is 12.0 Å². The second kappa shape index (κ2) is 6.80. The van der Waals surface area contributed by atoms with Crippen molar-refractivity contribution in [2.24, 2.45) is 0 Å². The maximum Gasteiger partial charge on any atom is 0.269 e. The summed E-state index contributed by atoms with van der Waals surface area (Å²) in [6.45, 7) is 0.629. The molecule has 26 heavy (non-hydrogen) atoms. The monoisotopic (exact) mass is 368 g/mol. The van der Waals surface area contributed by atoms with Crippen molar-refractivity contribution in [1.29, 1.82) is 0 Å². The van der Waals surface area contributed by atoms with Gasteiger partial charge in [-0.05, 0) is 36.6 Å². The number of para-hydroxylation sites is 2. The van der Waals surface area contributed by atoms with E-state index >= 15 is 0 Å². The normalized spacial score (nSPS) is 13.6. The van der Waals surface area contributed by atoms with Crippen LogP contribution in [0.2, 0.25) is 0 Å². The van der Waals surface area contributed by atoms with Gasteiger partial charge >= 0.3 is 0 Å². The van der Waals surface area contributed by atoms with Crippen molar-refractivity contribution in [2.75, 3.05) is 17.2 Å². The lowest BCUT2D eigenvalue weighted by Crippen LogP contribution is -2.36. The third-order valence-corrected chi connectivity index (χ3v) is 5.25. The first-order valence-corrected chi connectivity index (χ1v) is 9.25. The van der Waals surface area contributed by atoms with Crippen molar-refractivity contribution in [3.8, 4) is 0 Å². The predicted molar refractivity (Wildman–Crippen MR) is 101 cm³/mol. The maximum absolute atomic E-state index is 12.7. The molecular weight excluding hydrogens is 352 g/mol. The standard InChI is InChI=1S/C18H16N4O3S/c23-17(11-26-18-19-14-5-1-2-6-15(14)20-18)21-9-3-4-12-10-13(22(24)25)7-8-16(12)21/h1-2,5-8,10H,3-4,9,11H2,(H,19,20). The number of nitro benzene ring substituents is 1. The Kier molecular flexibility index (Phi) is 4.34. The van der Waals surface area contributed by atoms with Crippen molar-refractivity contribution in [1.82, 2.24) is 9.97 Å². The molecule has 0 atom stereocenters. The molecule has 3 aromatic rings. The first kappa shape index (κ1) is 16.6. The fourth-order valence-corrected chi connectivity index (χ4v) is 3.92. The van der Waals surface area contributed by atoms with Gasteiger partial charge in [0.05, 0.1) is 21.7 Å². The van der Waals surface area contributed by atoms with E-state index < -0.39 is 4.92 Å². The van der Waals surface area contributed by atoms with Gasteiger partial charge in [-0.25, -0.2) is 4.98 Å². The van der Waals surface area contributed by atoms with Crippen molar-refractivity contribution in [3.05, 3.63) is 58.1 Å². The number of nitrogens with one attached hydrogen (secondary N) is 1. The van der Waals surface area contributed by atoms with Gasteiger partial charge in [-0.3, -0.25) is 14.9 Å². The minimum absolute atomic E-state index is 0.0229. The molecule has 4 rings (SSSR count). The maximum atomic E-state index is 12.7. The van der Waals surface area contributed by atoms with E-state index in [0.29, 0.717) is 11.7 Å². The van der Waals surface area contributed by atoms with Gasteiger partial charge in [0, 0.05) is 24.4 Å². The van der Waals surface area contributed by atoms with Crippen LogP contribution in [0.4, 0.5) is 11.4 Å². The molecule has 0 radical (unpaired) electrons. The number of thioether (sulfide) groups is 1. The van der Waals surface area contributed by atoms with Crippen LogP contribution < -0.4 is 4.90 Å². The molecule has 0 spiro atoms. The number of amides is 1. The topological polar surface area (TPSA) is 92.1 Å². The number of aryl methyl sites for hydroxylation is 1. The molecule has 0 unspecified atom stereocenters. The number of aromatic amines is 1. The third-order valence-electron chi connectivity index (χ3n) is 4.39. The molecule has 2 aromatic carbocycles. The number of non-ortho nitro benzene ring substituents is 1. The molecule has 8 heteroatoms. The van der Waals surface area contributed by atoms with Gasteiger partial charge in [0.15, 0.2) is 5.16 Å². The van der Waals surface area contributed by atoms with Crippen LogP contribution in [-0.2, 0) is 11.2 Å². The zero-order chi connectivity index (χ0) is 18.1. The molecule has 0 fully saturated rings. The van der Waals surface area contributed by atoms with E-state index in [2.05, 4.69) is 9.97 Å². The molecular formula is C18H16N4O3S. The number of anilines is 1. The number of carbonyl (C=O) groups excluding carboxylic acids is 1. The summed E-state index contributed by atoms with van der Waals surface area (Å²) < 4.78 is 0. The van der Waals surface area contributed by atoms with Crippen LogP contribution in [0, 0.1) is 10.1 Å². The smallest absolute Gasteiger partial charge is 0.269 e.